The van der Waals surface area contributed by atoms with E-state index in [2.05, 4.69) is 0 Å². The van der Waals surface area contributed by atoms with Crippen LogP contribution in [0.3, 0.4) is 0 Å². The second kappa shape index (κ2) is 7.55. The van der Waals surface area contributed by atoms with Gasteiger partial charge in [0.2, 0.25) is 0 Å². The zero-order chi connectivity index (χ0) is 19.7. The highest BCUT2D eigenvalue weighted by molar-refractivity contribution is 5.95. The first kappa shape index (κ1) is 18.9. The van der Waals surface area contributed by atoms with Crippen molar-refractivity contribution in [2.45, 2.75) is 43.7 Å². The third-order valence-electron chi connectivity index (χ3n) is 6.39. The molecule has 1 aliphatic carbocycles. The summed E-state index contributed by atoms with van der Waals surface area (Å²) in [6.45, 7) is 0.392. The van der Waals surface area contributed by atoms with E-state index in [0.29, 0.717) is 18.7 Å². The fourth-order valence-electron chi connectivity index (χ4n) is 4.99. The Bertz CT molecular complexity index is 870. The summed E-state index contributed by atoms with van der Waals surface area (Å²) >= 11 is 0. The average Bonchev–Trinajstić information content (AvgIpc) is 2.72. The van der Waals surface area contributed by atoms with Crippen LogP contribution < -0.4 is 4.74 Å². The van der Waals surface area contributed by atoms with Gasteiger partial charge in [-0.2, -0.15) is 0 Å². The number of amides is 1. The van der Waals surface area contributed by atoms with Gasteiger partial charge in [-0.05, 0) is 37.5 Å². The number of para-hydroxylation sites is 1. The second-order valence-electron chi connectivity index (χ2n) is 7.87. The van der Waals surface area contributed by atoms with Gasteiger partial charge in [-0.3, -0.25) is 4.79 Å². The minimum atomic E-state index is -0.796. The van der Waals surface area contributed by atoms with Gasteiger partial charge in [-0.1, -0.05) is 43.2 Å². The number of likely N-dealkylation sites (tertiary alicyclic amines) is 1. The summed E-state index contributed by atoms with van der Waals surface area (Å²) in [5.41, 5.74) is 0.152. The Morgan fingerprint density at radius 1 is 1.14 bits per heavy atom. The van der Waals surface area contributed by atoms with Crippen LogP contribution >= 0.6 is 0 Å². The van der Waals surface area contributed by atoms with Crippen LogP contribution in [0.5, 0.6) is 5.75 Å². The summed E-state index contributed by atoms with van der Waals surface area (Å²) in [4.78, 5) is 15.1. The summed E-state index contributed by atoms with van der Waals surface area (Å²) in [5, 5.41) is 11.4. The quantitative estimate of drug-likeness (QED) is 0.858. The molecule has 2 aliphatic rings. The van der Waals surface area contributed by atoms with E-state index in [-0.39, 0.29) is 23.4 Å². The molecule has 1 N–H and O–H groups in total. The number of benzene rings is 2. The minimum Gasteiger partial charge on any atom is -0.496 e. The molecule has 1 saturated heterocycles. The minimum absolute atomic E-state index is 0.0728. The Balaban J connectivity index is 1.80. The van der Waals surface area contributed by atoms with Crippen LogP contribution in [0.25, 0.3) is 0 Å². The predicted molar refractivity (Wildman–Crippen MR) is 105 cm³/mol. The van der Waals surface area contributed by atoms with E-state index in [1.165, 1.54) is 12.1 Å². The lowest BCUT2D eigenvalue weighted by Crippen LogP contribution is -2.56. The number of methoxy groups -OCH3 is 1. The number of piperidine rings is 1. The number of halogens is 1. The average molecular weight is 383 g/mol. The molecule has 4 rings (SSSR count). The molecule has 0 unspecified atom stereocenters. The van der Waals surface area contributed by atoms with Crippen molar-refractivity contribution in [3.05, 3.63) is 65.5 Å². The van der Waals surface area contributed by atoms with Crippen LogP contribution in [-0.4, -0.2) is 35.2 Å². The van der Waals surface area contributed by atoms with Crippen molar-refractivity contribution in [3.63, 3.8) is 0 Å². The first-order valence-electron chi connectivity index (χ1n) is 9.96. The van der Waals surface area contributed by atoms with Gasteiger partial charge in [0.15, 0.2) is 0 Å². The lowest BCUT2D eigenvalue weighted by Gasteiger charge is -2.52. The molecule has 0 bridgehead atoms. The molecule has 1 amide bonds. The Morgan fingerprint density at radius 3 is 2.68 bits per heavy atom. The second-order valence-corrected chi connectivity index (χ2v) is 7.87. The van der Waals surface area contributed by atoms with Gasteiger partial charge in [-0.15, -0.1) is 0 Å². The molecule has 4 nitrogen and oxygen atoms in total. The van der Waals surface area contributed by atoms with Crippen molar-refractivity contribution in [2.24, 2.45) is 5.92 Å². The van der Waals surface area contributed by atoms with E-state index in [4.69, 9.17) is 4.74 Å². The van der Waals surface area contributed by atoms with Gasteiger partial charge in [0.25, 0.3) is 5.91 Å². The molecule has 5 heteroatoms. The first-order valence-corrected chi connectivity index (χ1v) is 9.96. The maximum absolute atomic E-state index is 14.4. The molecule has 2 aromatic carbocycles. The van der Waals surface area contributed by atoms with Gasteiger partial charge in [-0.25, -0.2) is 4.39 Å². The standard InChI is InChI=1S/C23H26FNO3/c1-28-20-12-5-3-9-17(20)21-18-10-6-7-13-23(18,27)14-15-25(21)22(26)16-8-2-4-11-19(16)24/h2-5,8-9,11-12,18,21,27H,6-7,10,13-15H2,1H3/t18-,21-,23-/m1/s1. The summed E-state index contributed by atoms with van der Waals surface area (Å²) in [5.74, 6) is -0.256. The Morgan fingerprint density at radius 2 is 1.89 bits per heavy atom. The molecule has 0 spiro atoms. The largest absolute Gasteiger partial charge is 0.496 e. The molecule has 0 aromatic heterocycles. The predicted octanol–water partition coefficient (Wildman–Crippen LogP) is 4.34. The highest BCUT2D eigenvalue weighted by Crippen LogP contribution is 2.51. The number of hydrogen-bond acceptors (Lipinski definition) is 3. The molecule has 1 saturated carbocycles. The monoisotopic (exact) mass is 383 g/mol. The molecule has 2 fully saturated rings. The number of fused-ring (bicyclic) bond motifs is 1. The fourth-order valence-corrected chi connectivity index (χ4v) is 4.99. The number of aliphatic hydroxyl groups is 1. The van der Waals surface area contributed by atoms with Gasteiger partial charge in [0.05, 0.1) is 24.3 Å². The summed E-state index contributed by atoms with van der Waals surface area (Å²) in [6, 6.07) is 13.4. The topological polar surface area (TPSA) is 49.8 Å². The van der Waals surface area contributed by atoms with Crippen LogP contribution in [0.15, 0.2) is 48.5 Å². The lowest BCUT2D eigenvalue weighted by atomic mass is 9.66. The van der Waals surface area contributed by atoms with Crippen molar-refractivity contribution >= 4 is 5.91 Å². The maximum Gasteiger partial charge on any atom is 0.257 e. The van der Waals surface area contributed by atoms with Crippen molar-refractivity contribution in [3.8, 4) is 5.75 Å². The Hall–Kier alpha value is -2.40. The molecule has 0 radical (unpaired) electrons. The smallest absolute Gasteiger partial charge is 0.257 e. The molecule has 1 aliphatic heterocycles. The molecule has 1 heterocycles. The Labute approximate surface area is 164 Å². The highest BCUT2D eigenvalue weighted by Gasteiger charge is 2.51. The van der Waals surface area contributed by atoms with Crippen LogP contribution in [0.2, 0.25) is 0 Å². The lowest BCUT2D eigenvalue weighted by molar-refractivity contribution is -0.115. The number of rotatable bonds is 3. The number of ether oxygens (including phenoxy) is 1. The van der Waals surface area contributed by atoms with Gasteiger partial charge in [0.1, 0.15) is 11.6 Å². The van der Waals surface area contributed by atoms with E-state index >= 15 is 0 Å². The van der Waals surface area contributed by atoms with Crippen molar-refractivity contribution in [1.82, 2.24) is 4.90 Å². The Kier molecular flexibility index (Phi) is 5.11. The molecule has 28 heavy (non-hydrogen) atoms. The van der Waals surface area contributed by atoms with E-state index < -0.39 is 11.4 Å². The summed E-state index contributed by atoms with van der Waals surface area (Å²) < 4.78 is 19.9. The number of carbonyl (C=O) groups excluding carboxylic acids is 1. The molecule has 3 atom stereocenters. The zero-order valence-corrected chi connectivity index (χ0v) is 16.1. The van der Waals surface area contributed by atoms with Gasteiger partial charge < -0.3 is 14.7 Å². The zero-order valence-electron chi connectivity index (χ0n) is 16.1. The SMILES string of the molecule is COc1ccccc1[C@@H]1[C@H]2CCCC[C@@]2(O)CCN1C(=O)c1ccccc1F. The van der Waals surface area contributed by atoms with Crippen molar-refractivity contribution < 1.29 is 19.0 Å². The molecular weight excluding hydrogens is 357 g/mol. The molecule has 2 aromatic rings. The van der Waals surface area contributed by atoms with Crippen LogP contribution in [0.1, 0.15) is 54.1 Å². The number of nitrogens with zero attached hydrogens (tertiary/aromatic N) is 1. The third kappa shape index (κ3) is 3.18. The van der Waals surface area contributed by atoms with Crippen LogP contribution in [-0.2, 0) is 0 Å². The molecular formula is C23H26FNO3. The van der Waals surface area contributed by atoms with E-state index in [1.807, 2.05) is 24.3 Å². The number of carbonyl (C=O) groups is 1. The van der Waals surface area contributed by atoms with E-state index in [1.54, 1.807) is 24.1 Å². The highest BCUT2D eigenvalue weighted by atomic mass is 19.1. The van der Waals surface area contributed by atoms with Crippen molar-refractivity contribution in [2.75, 3.05) is 13.7 Å². The third-order valence-corrected chi connectivity index (χ3v) is 6.39. The van der Waals surface area contributed by atoms with Crippen LogP contribution in [0, 0.1) is 11.7 Å². The maximum atomic E-state index is 14.4. The summed E-state index contributed by atoms with van der Waals surface area (Å²) in [6.07, 6.45) is 4.10. The van der Waals surface area contributed by atoms with Crippen LogP contribution in [0.4, 0.5) is 4.39 Å². The van der Waals surface area contributed by atoms with E-state index in [9.17, 15) is 14.3 Å². The number of hydrogen-bond donors (Lipinski definition) is 1. The molecule has 148 valence electrons. The fraction of sp³-hybridized carbons (Fsp3) is 0.435. The summed E-state index contributed by atoms with van der Waals surface area (Å²) in [7, 11) is 1.61. The van der Waals surface area contributed by atoms with Gasteiger partial charge in [0, 0.05) is 18.0 Å². The van der Waals surface area contributed by atoms with E-state index in [0.717, 1.165) is 31.2 Å². The first-order chi connectivity index (χ1) is 13.5. The van der Waals surface area contributed by atoms with Crippen molar-refractivity contribution in [1.29, 1.82) is 0 Å². The van der Waals surface area contributed by atoms with Gasteiger partial charge >= 0.3 is 0 Å². The normalized spacial score (nSPS) is 27.2.